The summed E-state index contributed by atoms with van der Waals surface area (Å²) in [7, 11) is 1.84. The van der Waals surface area contributed by atoms with Gasteiger partial charge in [-0.3, -0.25) is 0 Å². The molecule has 2 nitrogen and oxygen atoms in total. The van der Waals surface area contributed by atoms with Crippen molar-refractivity contribution in [1.82, 2.24) is 5.32 Å². The van der Waals surface area contributed by atoms with Crippen molar-refractivity contribution in [3.63, 3.8) is 0 Å². The van der Waals surface area contributed by atoms with E-state index in [2.05, 4.69) is 5.32 Å². The highest BCUT2D eigenvalue weighted by molar-refractivity contribution is 6.30. The molecule has 0 radical (unpaired) electrons. The molecule has 3 N–H and O–H groups in total. The van der Waals surface area contributed by atoms with Crippen LogP contribution in [0.15, 0.2) is 18.2 Å². The first-order valence-corrected chi connectivity index (χ1v) is 5.15. The Morgan fingerprint density at radius 2 is 2.07 bits per heavy atom. The van der Waals surface area contributed by atoms with Crippen LogP contribution in [0, 0.1) is 5.82 Å². The first-order valence-electron chi connectivity index (χ1n) is 4.78. The topological polar surface area (TPSA) is 38.0 Å². The molecule has 0 saturated heterocycles. The summed E-state index contributed by atoms with van der Waals surface area (Å²) in [6.45, 7) is 3.96. The lowest BCUT2D eigenvalue weighted by Crippen LogP contribution is -2.46. The van der Waals surface area contributed by atoms with E-state index in [0.29, 0.717) is 0 Å². The highest BCUT2D eigenvalue weighted by atomic mass is 35.5. The normalized spacial score (nSPS) is 14.0. The number of likely N-dealkylation sites (N-methyl/N-ethyl adjacent to an activating group) is 1. The maximum absolute atomic E-state index is 13.0. The van der Waals surface area contributed by atoms with Crippen LogP contribution in [-0.4, -0.2) is 12.6 Å². The number of hydrogen-bond acceptors (Lipinski definition) is 2. The molecule has 84 valence electrons. The predicted octanol–water partition coefficient (Wildman–Crippen LogP) is 2.48. The average molecular weight is 231 g/mol. The van der Waals surface area contributed by atoms with Crippen molar-refractivity contribution in [3.8, 4) is 0 Å². The molecule has 0 bridgehead atoms. The first kappa shape index (κ1) is 12.4. The second kappa shape index (κ2) is 4.47. The van der Waals surface area contributed by atoms with Crippen molar-refractivity contribution < 1.29 is 4.39 Å². The summed E-state index contributed by atoms with van der Waals surface area (Å²) in [6, 6.07) is 4.33. The van der Waals surface area contributed by atoms with Gasteiger partial charge < -0.3 is 11.1 Å². The number of hydrogen-bond donors (Lipinski definition) is 2. The summed E-state index contributed by atoms with van der Waals surface area (Å²) in [6.07, 6.45) is 0. The van der Waals surface area contributed by atoms with Crippen LogP contribution in [0.3, 0.4) is 0 Å². The van der Waals surface area contributed by atoms with Crippen molar-refractivity contribution >= 4 is 11.6 Å². The van der Waals surface area contributed by atoms with Crippen molar-refractivity contribution in [2.24, 2.45) is 5.73 Å². The standard InChI is InChI=1S/C11H16ClFN2/c1-11(2,15-3)10(14)7-4-5-9(13)8(12)6-7/h4-6,10,15H,14H2,1-3H3. The van der Waals surface area contributed by atoms with Crippen LogP contribution < -0.4 is 11.1 Å². The molecule has 4 heteroatoms. The molecule has 0 aromatic heterocycles. The summed E-state index contributed by atoms with van der Waals surface area (Å²) >= 11 is 5.70. The maximum Gasteiger partial charge on any atom is 0.141 e. The molecule has 1 rings (SSSR count). The number of benzene rings is 1. The summed E-state index contributed by atoms with van der Waals surface area (Å²) in [5.74, 6) is -0.421. The quantitative estimate of drug-likeness (QED) is 0.837. The van der Waals surface area contributed by atoms with E-state index in [-0.39, 0.29) is 16.6 Å². The van der Waals surface area contributed by atoms with E-state index in [1.807, 2.05) is 20.9 Å². The highest BCUT2D eigenvalue weighted by Gasteiger charge is 2.25. The van der Waals surface area contributed by atoms with Gasteiger partial charge in [0, 0.05) is 11.6 Å². The Hall–Kier alpha value is -0.640. The molecule has 0 heterocycles. The molecule has 1 unspecified atom stereocenters. The van der Waals surface area contributed by atoms with Gasteiger partial charge in [-0.25, -0.2) is 4.39 Å². The number of halogens is 2. The van der Waals surface area contributed by atoms with E-state index >= 15 is 0 Å². The van der Waals surface area contributed by atoms with Crippen LogP contribution in [0.1, 0.15) is 25.5 Å². The Labute approximate surface area is 94.6 Å². The molecule has 0 spiro atoms. The predicted molar refractivity (Wildman–Crippen MR) is 61.5 cm³/mol. The largest absolute Gasteiger partial charge is 0.322 e. The third-order valence-corrected chi connectivity index (χ3v) is 3.01. The Bertz CT molecular complexity index is 352. The molecule has 1 atom stereocenters. The monoisotopic (exact) mass is 230 g/mol. The van der Waals surface area contributed by atoms with E-state index in [1.54, 1.807) is 12.1 Å². The molecular formula is C11H16ClFN2. The molecule has 0 aliphatic carbocycles. The molecule has 0 fully saturated rings. The molecule has 1 aromatic carbocycles. The van der Waals surface area contributed by atoms with Crippen molar-refractivity contribution in [2.75, 3.05) is 7.05 Å². The molecule has 0 saturated carbocycles. The lowest BCUT2D eigenvalue weighted by Gasteiger charge is -2.31. The van der Waals surface area contributed by atoms with Crippen molar-refractivity contribution in [1.29, 1.82) is 0 Å². The van der Waals surface area contributed by atoms with Gasteiger partial charge in [-0.2, -0.15) is 0 Å². The third-order valence-electron chi connectivity index (χ3n) is 2.72. The zero-order valence-corrected chi connectivity index (χ0v) is 9.90. The fraction of sp³-hybridized carbons (Fsp3) is 0.455. The van der Waals surface area contributed by atoms with Gasteiger partial charge in [0.1, 0.15) is 5.82 Å². The zero-order chi connectivity index (χ0) is 11.6. The SMILES string of the molecule is CNC(C)(C)C(N)c1ccc(F)c(Cl)c1. The first-order chi connectivity index (χ1) is 6.88. The van der Waals surface area contributed by atoms with Gasteiger partial charge in [-0.1, -0.05) is 17.7 Å². The highest BCUT2D eigenvalue weighted by Crippen LogP contribution is 2.26. The Morgan fingerprint density at radius 3 is 2.53 bits per heavy atom. The summed E-state index contributed by atoms with van der Waals surface area (Å²) < 4.78 is 13.0. The lowest BCUT2D eigenvalue weighted by molar-refractivity contribution is 0.348. The minimum Gasteiger partial charge on any atom is -0.322 e. The van der Waals surface area contributed by atoms with Gasteiger partial charge in [0.25, 0.3) is 0 Å². The van der Waals surface area contributed by atoms with E-state index in [0.717, 1.165) is 5.56 Å². The number of nitrogens with one attached hydrogen (secondary N) is 1. The average Bonchev–Trinajstić information content (AvgIpc) is 2.21. The molecule has 0 aliphatic heterocycles. The third kappa shape index (κ3) is 2.68. The van der Waals surface area contributed by atoms with E-state index in [9.17, 15) is 4.39 Å². The van der Waals surface area contributed by atoms with Gasteiger partial charge in [0.2, 0.25) is 0 Å². The minimum absolute atomic E-state index is 0.106. The van der Waals surface area contributed by atoms with Crippen molar-refractivity contribution in [3.05, 3.63) is 34.6 Å². The fourth-order valence-corrected chi connectivity index (χ4v) is 1.47. The summed E-state index contributed by atoms with van der Waals surface area (Å²) in [5.41, 5.74) is 6.62. The van der Waals surface area contributed by atoms with E-state index in [4.69, 9.17) is 17.3 Å². The smallest absolute Gasteiger partial charge is 0.141 e. The number of nitrogens with two attached hydrogens (primary N) is 1. The number of rotatable bonds is 3. The maximum atomic E-state index is 13.0. The van der Waals surface area contributed by atoms with E-state index < -0.39 is 5.82 Å². The van der Waals surface area contributed by atoms with Crippen LogP contribution in [0.25, 0.3) is 0 Å². The Kier molecular flexibility index (Phi) is 3.71. The van der Waals surface area contributed by atoms with Crippen LogP contribution in [-0.2, 0) is 0 Å². The van der Waals surface area contributed by atoms with Crippen LogP contribution in [0.2, 0.25) is 5.02 Å². The van der Waals surface area contributed by atoms with Gasteiger partial charge in [0.05, 0.1) is 5.02 Å². The second-order valence-corrected chi connectivity index (χ2v) is 4.53. The second-order valence-electron chi connectivity index (χ2n) is 4.12. The Morgan fingerprint density at radius 1 is 1.47 bits per heavy atom. The van der Waals surface area contributed by atoms with Gasteiger partial charge >= 0.3 is 0 Å². The van der Waals surface area contributed by atoms with Crippen LogP contribution >= 0.6 is 11.6 Å². The van der Waals surface area contributed by atoms with Crippen molar-refractivity contribution in [2.45, 2.75) is 25.4 Å². The zero-order valence-electron chi connectivity index (χ0n) is 9.14. The van der Waals surface area contributed by atoms with Gasteiger partial charge in [-0.05, 0) is 38.6 Å². The summed E-state index contributed by atoms with van der Waals surface area (Å²) in [5, 5.41) is 3.22. The van der Waals surface area contributed by atoms with E-state index in [1.165, 1.54) is 6.07 Å². The molecular weight excluding hydrogens is 215 g/mol. The van der Waals surface area contributed by atoms with Gasteiger partial charge in [0.15, 0.2) is 0 Å². The van der Waals surface area contributed by atoms with Crippen LogP contribution in [0.5, 0.6) is 0 Å². The molecule has 1 aromatic rings. The lowest BCUT2D eigenvalue weighted by atomic mass is 9.89. The fourth-order valence-electron chi connectivity index (χ4n) is 1.28. The Balaban J connectivity index is 3.02. The minimum atomic E-state index is -0.421. The molecule has 0 amide bonds. The molecule has 15 heavy (non-hydrogen) atoms. The van der Waals surface area contributed by atoms with Crippen LogP contribution in [0.4, 0.5) is 4.39 Å². The van der Waals surface area contributed by atoms with Gasteiger partial charge in [-0.15, -0.1) is 0 Å². The molecule has 0 aliphatic rings. The summed E-state index contributed by atoms with van der Waals surface area (Å²) in [4.78, 5) is 0.